The molecule has 92 valence electrons. The zero-order valence-corrected chi connectivity index (χ0v) is 9.99. The number of nitrogens with zero attached hydrogens (tertiary/aromatic N) is 1. The first-order chi connectivity index (χ1) is 8.00. The molecule has 5 heteroatoms. The van der Waals surface area contributed by atoms with Crippen LogP contribution in [-0.2, 0) is 0 Å². The van der Waals surface area contributed by atoms with Gasteiger partial charge in [0.2, 0.25) is 0 Å². The Kier molecular flexibility index (Phi) is 2.92. The molecular formula is C12H18N4O. The van der Waals surface area contributed by atoms with Gasteiger partial charge in [0.05, 0.1) is 5.69 Å². The molecule has 0 aromatic carbocycles. The van der Waals surface area contributed by atoms with Crippen molar-refractivity contribution in [3.8, 4) is 0 Å². The molecule has 0 radical (unpaired) electrons. The summed E-state index contributed by atoms with van der Waals surface area (Å²) >= 11 is 0. The van der Waals surface area contributed by atoms with Gasteiger partial charge in [-0.1, -0.05) is 12.8 Å². The monoisotopic (exact) mass is 234 g/mol. The number of hydrogen-bond acceptors (Lipinski definition) is 4. The van der Waals surface area contributed by atoms with Gasteiger partial charge in [0.25, 0.3) is 5.91 Å². The lowest BCUT2D eigenvalue weighted by Gasteiger charge is -2.26. The highest BCUT2D eigenvalue weighted by Gasteiger charge is 2.29. The number of nitrogens with one attached hydrogen (secondary N) is 1. The second-order valence-corrected chi connectivity index (χ2v) is 4.89. The Bertz CT molecular complexity index is 438. The number of pyridine rings is 1. The molecule has 1 saturated carbocycles. The fourth-order valence-electron chi connectivity index (χ4n) is 2.27. The summed E-state index contributed by atoms with van der Waals surface area (Å²) in [5.41, 5.74) is 11.9. The standard InChI is InChI=1S/C12H18N4O/c1-12(6-2-3-7-12)16-11-8(13)4-5-9(15-11)10(14)17/h4-5H,2-3,6-7,13H2,1H3,(H2,14,17)(H,15,16). The Morgan fingerprint density at radius 2 is 2.06 bits per heavy atom. The van der Waals surface area contributed by atoms with Crippen molar-refractivity contribution < 1.29 is 4.79 Å². The minimum absolute atomic E-state index is 0.0252. The molecule has 0 atom stereocenters. The van der Waals surface area contributed by atoms with Crippen molar-refractivity contribution in [3.05, 3.63) is 17.8 Å². The first-order valence-electron chi connectivity index (χ1n) is 5.85. The van der Waals surface area contributed by atoms with Crippen LogP contribution in [0.25, 0.3) is 0 Å². The molecule has 1 amide bonds. The second kappa shape index (κ2) is 4.24. The number of rotatable bonds is 3. The first-order valence-corrected chi connectivity index (χ1v) is 5.85. The van der Waals surface area contributed by atoms with Gasteiger partial charge < -0.3 is 16.8 Å². The summed E-state index contributed by atoms with van der Waals surface area (Å²) in [6.07, 6.45) is 4.60. The van der Waals surface area contributed by atoms with Gasteiger partial charge in [0.15, 0.2) is 5.82 Å². The molecule has 1 aromatic rings. The molecule has 0 unspecified atom stereocenters. The van der Waals surface area contributed by atoms with Crippen LogP contribution >= 0.6 is 0 Å². The molecule has 17 heavy (non-hydrogen) atoms. The van der Waals surface area contributed by atoms with E-state index in [2.05, 4.69) is 17.2 Å². The van der Waals surface area contributed by atoms with E-state index in [1.807, 2.05) is 0 Å². The number of primary amides is 1. The highest BCUT2D eigenvalue weighted by Crippen LogP contribution is 2.33. The van der Waals surface area contributed by atoms with Crippen LogP contribution in [0.2, 0.25) is 0 Å². The van der Waals surface area contributed by atoms with Gasteiger partial charge in [-0.25, -0.2) is 4.98 Å². The molecule has 1 heterocycles. The van der Waals surface area contributed by atoms with E-state index in [0.29, 0.717) is 11.5 Å². The van der Waals surface area contributed by atoms with Crippen LogP contribution in [0.3, 0.4) is 0 Å². The van der Waals surface area contributed by atoms with Gasteiger partial charge in [-0.2, -0.15) is 0 Å². The maximum atomic E-state index is 11.1. The molecule has 2 rings (SSSR count). The van der Waals surface area contributed by atoms with Crippen molar-refractivity contribution in [2.75, 3.05) is 11.1 Å². The van der Waals surface area contributed by atoms with E-state index < -0.39 is 5.91 Å². The number of nitrogens with two attached hydrogens (primary N) is 2. The highest BCUT2D eigenvalue weighted by atomic mass is 16.1. The smallest absolute Gasteiger partial charge is 0.267 e. The summed E-state index contributed by atoms with van der Waals surface area (Å²) in [6, 6.07) is 3.20. The number of anilines is 2. The molecular weight excluding hydrogens is 216 g/mol. The van der Waals surface area contributed by atoms with Crippen molar-refractivity contribution in [2.24, 2.45) is 5.73 Å². The molecule has 1 fully saturated rings. The summed E-state index contributed by atoms with van der Waals surface area (Å²) in [7, 11) is 0. The van der Waals surface area contributed by atoms with E-state index in [1.54, 1.807) is 12.1 Å². The average Bonchev–Trinajstić information content (AvgIpc) is 2.68. The maximum absolute atomic E-state index is 11.1. The number of hydrogen-bond donors (Lipinski definition) is 3. The third-order valence-corrected chi connectivity index (χ3v) is 3.31. The Morgan fingerprint density at radius 3 is 2.65 bits per heavy atom. The van der Waals surface area contributed by atoms with Crippen molar-refractivity contribution in [2.45, 2.75) is 38.1 Å². The topological polar surface area (TPSA) is 94.0 Å². The molecule has 5 nitrogen and oxygen atoms in total. The fourth-order valence-corrected chi connectivity index (χ4v) is 2.27. The van der Waals surface area contributed by atoms with Crippen molar-refractivity contribution in [3.63, 3.8) is 0 Å². The van der Waals surface area contributed by atoms with Gasteiger partial charge >= 0.3 is 0 Å². The summed E-state index contributed by atoms with van der Waals surface area (Å²) in [6.45, 7) is 2.15. The molecule has 0 saturated heterocycles. The number of aromatic nitrogens is 1. The zero-order chi connectivity index (χ0) is 12.5. The summed E-state index contributed by atoms with van der Waals surface area (Å²) in [5.74, 6) is 0.0234. The largest absolute Gasteiger partial charge is 0.396 e. The van der Waals surface area contributed by atoms with Gasteiger partial charge in [-0.15, -0.1) is 0 Å². The quantitative estimate of drug-likeness (QED) is 0.738. The van der Waals surface area contributed by atoms with Crippen LogP contribution in [0.1, 0.15) is 43.1 Å². The second-order valence-electron chi connectivity index (χ2n) is 4.89. The van der Waals surface area contributed by atoms with E-state index >= 15 is 0 Å². The maximum Gasteiger partial charge on any atom is 0.267 e. The molecule has 1 aromatic heterocycles. The van der Waals surface area contributed by atoms with E-state index in [4.69, 9.17) is 11.5 Å². The Balaban J connectivity index is 2.25. The number of nitrogen functional groups attached to an aromatic ring is 1. The minimum Gasteiger partial charge on any atom is -0.396 e. The van der Waals surface area contributed by atoms with Crippen molar-refractivity contribution >= 4 is 17.4 Å². The lowest BCUT2D eigenvalue weighted by Crippen LogP contribution is -2.32. The van der Waals surface area contributed by atoms with Crippen LogP contribution in [-0.4, -0.2) is 16.4 Å². The van der Waals surface area contributed by atoms with Gasteiger partial charge in [-0.3, -0.25) is 4.79 Å². The van der Waals surface area contributed by atoms with E-state index in [9.17, 15) is 4.79 Å². The highest BCUT2D eigenvalue weighted by molar-refractivity contribution is 5.91. The third kappa shape index (κ3) is 2.49. The molecule has 0 spiro atoms. The van der Waals surface area contributed by atoms with Crippen molar-refractivity contribution in [1.29, 1.82) is 0 Å². The molecule has 1 aliphatic carbocycles. The molecule has 1 aliphatic rings. The molecule has 0 bridgehead atoms. The number of carbonyl (C=O) groups excluding carboxylic acids is 1. The van der Waals surface area contributed by atoms with Crippen LogP contribution in [0.5, 0.6) is 0 Å². The van der Waals surface area contributed by atoms with Crippen LogP contribution in [0, 0.1) is 0 Å². The predicted molar refractivity (Wildman–Crippen MR) is 67.7 cm³/mol. The van der Waals surface area contributed by atoms with E-state index in [-0.39, 0.29) is 11.2 Å². The first kappa shape index (κ1) is 11.7. The predicted octanol–water partition coefficient (Wildman–Crippen LogP) is 1.51. The van der Waals surface area contributed by atoms with E-state index in [1.165, 1.54) is 12.8 Å². The Labute approximate surface area is 101 Å². The number of amides is 1. The van der Waals surface area contributed by atoms with Gasteiger partial charge in [0, 0.05) is 5.54 Å². The SMILES string of the molecule is CC1(Nc2nc(C(N)=O)ccc2N)CCCC1. The average molecular weight is 234 g/mol. The lowest BCUT2D eigenvalue weighted by atomic mass is 10.0. The van der Waals surface area contributed by atoms with Crippen LogP contribution < -0.4 is 16.8 Å². The fraction of sp³-hybridized carbons (Fsp3) is 0.500. The summed E-state index contributed by atoms with van der Waals surface area (Å²) < 4.78 is 0. The molecule has 5 N–H and O–H groups in total. The minimum atomic E-state index is -0.537. The van der Waals surface area contributed by atoms with E-state index in [0.717, 1.165) is 12.8 Å². The molecule has 0 aliphatic heterocycles. The van der Waals surface area contributed by atoms with Crippen molar-refractivity contribution in [1.82, 2.24) is 4.98 Å². The lowest BCUT2D eigenvalue weighted by molar-refractivity contribution is 0.0995. The normalized spacial score (nSPS) is 17.9. The van der Waals surface area contributed by atoms with Gasteiger partial charge in [0.1, 0.15) is 5.69 Å². The third-order valence-electron chi connectivity index (χ3n) is 3.31. The van der Waals surface area contributed by atoms with Crippen LogP contribution in [0.4, 0.5) is 11.5 Å². The van der Waals surface area contributed by atoms with Gasteiger partial charge in [-0.05, 0) is 31.9 Å². The number of carbonyl (C=O) groups is 1. The summed E-state index contributed by atoms with van der Waals surface area (Å²) in [4.78, 5) is 15.2. The zero-order valence-electron chi connectivity index (χ0n) is 9.99. The Hall–Kier alpha value is -1.78. The summed E-state index contributed by atoms with van der Waals surface area (Å²) in [5, 5.41) is 3.34. The van der Waals surface area contributed by atoms with Crippen LogP contribution in [0.15, 0.2) is 12.1 Å². The Morgan fingerprint density at radius 1 is 1.41 bits per heavy atom.